The van der Waals surface area contributed by atoms with Crippen molar-refractivity contribution >= 4 is 5.69 Å². The number of rotatable bonds is 4. The molecule has 1 aromatic carbocycles. The van der Waals surface area contributed by atoms with Gasteiger partial charge in [-0.15, -0.1) is 0 Å². The van der Waals surface area contributed by atoms with E-state index in [1.54, 1.807) is 0 Å². The Morgan fingerprint density at radius 3 is 2.37 bits per heavy atom. The summed E-state index contributed by atoms with van der Waals surface area (Å²) in [5, 5.41) is 0. The number of hydrogen-bond donors (Lipinski definition) is 1. The molecule has 102 valence electrons. The summed E-state index contributed by atoms with van der Waals surface area (Å²) in [7, 11) is 0. The number of nitrogens with two attached hydrogens (primary N) is 1. The summed E-state index contributed by atoms with van der Waals surface area (Å²) in [6, 6.07) is 7.74. The minimum atomic E-state index is 0.484. The van der Waals surface area contributed by atoms with Gasteiger partial charge in [-0.3, -0.25) is 0 Å². The van der Waals surface area contributed by atoms with Gasteiger partial charge < -0.3 is 5.73 Å². The lowest BCUT2D eigenvalue weighted by Crippen LogP contribution is -1.96. The smallest absolute Gasteiger partial charge is 0.0314 e. The van der Waals surface area contributed by atoms with E-state index in [-0.39, 0.29) is 0 Å². The predicted octanol–water partition coefficient (Wildman–Crippen LogP) is 4.78. The minimum Gasteiger partial charge on any atom is -0.399 e. The van der Waals surface area contributed by atoms with E-state index in [0.29, 0.717) is 5.92 Å². The normalized spacial score (nSPS) is 11.8. The van der Waals surface area contributed by atoms with Gasteiger partial charge in [0.2, 0.25) is 0 Å². The lowest BCUT2D eigenvalue weighted by Gasteiger charge is -2.09. The largest absolute Gasteiger partial charge is 0.399 e. The molecule has 0 unspecified atom stereocenters. The maximum absolute atomic E-state index is 5.68. The first kappa shape index (κ1) is 15.4. The number of benzene rings is 1. The highest BCUT2D eigenvalue weighted by Crippen LogP contribution is 2.18. The van der Waals surface area contributed by atoms with Crippen LogP contribution in [0.5, 0.6) is 0 Å². The van der Waals surface area contributed by atoms with Gasteiger partial charge in [-0.1, -0.05) is 44.6 Å². The topological polar surface area (TPSA) is 26.0 Å². The van der Waals surface area contributed by atoms with Gasteiger partial charge in [-0.2, -0.15) is 0 Å². The zero-order valence-corrected chi connectivity index (χ0v) is 12.6. The van der Waals surface area contributed by atoms with Crippen molar-refractivity contribution in [2.24, 2.45) is 5.92 Å². The molecule has 1 nitrogen and oxygen atoms in total. The van der Waals surface area contributed by atoms with Crippen molar-refractivity contribution in [3.63, 3.8) is 0 Å². The van der Waals surface area contributed by atoms with Gasteiger partial charge in [-0.25, -0.2) is 0 Å². The molecule has 1 heteroatoms. The summed E-state index contributed by atoms with van der Waals surface area (Å²) < 4.78 is 0. The predicted molar refractivity (Wildman–Crippen MR) is 84.8 cm³/mol. The van der Waals surface area contributed by atoms with Crippen molar-refractivity contribution in [3.8, 4) is 11.8 Å². The van der Waals surface area contributed by atoms with E-state index in [4.69, 9.17) is 5.73 Å². The van der Waals surface area contributed by atoms with E-state index in [1.165, 1.54) is 24.0 Å². The molecule has 2 N–H and O–H groups in total. The fraction of sp³-hybridized carbons (Fsp3) is 0.444. The number of nitrogen functional groups attached to an aromatic ring is 1. The van der Waals surface area contributed by atoms with Gasteiger partial charge in [0.15, 0.2) is 0 Å². The van der Waals surface area contributed by atoms with E-state index in [2.05, 4.69) is 39.5 Å². The lowest BCUT2D eigenvalue weighted by molar-refractivity contribution is 0.740. The van der Waals surface area contributed by atoms with Gasteiger partial charge in [0.25, 0.3) is 0 Å². The van der Waals surface area contributed by atoms with Crippen LogP contribution in [0.25, 0.3) is 0 Å². The Morgan fingerprint density at radius 2 is 1.84 bits per heavy atom. The van der Waals surface area contributed by atoms with Crippen LogP contribution in [-0.2, 0) is 0 Å². The standard InChI is InChI=1S/C18H25N/c1-5-6-7-15(4)18(14(2)3)13-10-16-8-11-17(19)12-9-16/h8-9,11-12,14H,5-7,19H2,1-4H3/b18-15-. The molecule has 0 saturated carbocycles. The molecule has 0 aromatic heterocycles. The minimum absolute atomic E-state index is 0.484. The van der Waals surface area contributed by atoms with Gasteiger partial charge in [-0.05, 0) is 49.9 Å². The van der Waals surface area contributed by atoms with Crippen molar-refractivity contribution in [2.45, 2.75) is 47.0 Å². The third-order valence-corrected chi connectivity index (χ3v) is 3.19. The Morgan fingerprint density at radius 1 is 1.21 bits per heavy atom. The number of hydrogen-bond acceptors (Lipinski definition) is 1. The summed E-state index contributed by atoms with van der Waals surface area (Å²) in [6.45, 7) is 8.86. The highest BCUT2D eigenvalue weighted by molar-refractivity contribution is 5.47. The molecule has 0 bridgehead atoms. The third-order valence-electron chi connectivity index (χ3n) is 3.19. The summed E-state index contributed by atoms with van der Waals surface area (Å²) in [4.78, 5) is 0. The van der Waals surface area contributed by atoms with E-state index in [9.17, 15) is 0 Å². The lowest BCUT2D eigenvalue weighted by atomic mass is 9.95. The van der Waals surface area contributed by atoms with E-state index in [1.807, 2.05) is 24.3 Å². The number of unbranched alkanes of at least 4 members (excludes halogenated alkanes) is 1. The monoisotopic (exact) mass is 255 g/mol. The Kier molecular flexibility index (Phi) is 6.22. The molecular formula is C18H25N. The molecule has 0 aliphatic rings. The first-order valence-corrected chi connectivity index (χ1v) is 7.11. The molecule has 0 heterocycles. The molecule has 1 aromatic rings. The summed E-state index contributed by atoms with van der Waals surface area (Å²) in [5.74, 6) is 7.08. The molecule has 0 atom stereocenters. The van der Waals surface area contributed by atoms with Crippen LogP contribution in [0.1, 0.15) is 52.5 Å². The van der Waals surface area contributed by atoms with Crippen LogP contribution < -0.4 is 5.73 Å². The SMILES string of the molecule is CCCC/C(C)=C(/C#Cc1ccc(N)cc1)C(C)C. The average molecular weight is 255 g/mol. The summed E-state index contributed by atoms with van der Waals surface area (Å²) in [6.07, 6.45) is 3.63. The second-order valence-electron chi connectivity index (χ2n) is 5.32. The average Bonchev–Trinajstić information content (AvgIpc) is 2.38. The molecular weight excluding hydrogens is 230 g/mol. The van der Waals surface area contributed by atoms with Crippen LogP contribution in [0.15, 0.2) is 35.4 Å². The maximum atomic E-state index is 5.68. The highest BCUT2D eigenvalue weighted by Gasteiger charge is 2.04. The van der Waals surface area contributed by atoms with Crippen molar-refractivity contribution in [2.75, 3.05) is 5.73 Å². The Bertz CT molecular complexity index is 481. The molecule has 1 rings (SSSR count). The molecule has 0 saturated heterocycles. The summed E-state index contributed by atoms with van der Waals surface area (Å²) >= 11 is 0. The molecule has 0 aliphatic heterocycles. The van der Waals surface area contributed by atoms with Crippen molar-refractivity contribution < 1.29 is 0 Å². The van der Waals surface area contributed by atoms with Gasteiger partial charge in [0, 0.05) is 16.8 Å². The molecule has 0 fully saturated rings. The molecule has 0 spiro atoms. The van der Waals surface area contributed by atoms with Gasteiger partial charge >= 0.3 is 0 Å². The van der Waals surface area contributed by atoms with E-state index in [0.717, 1.165) is 17.7 Å². The molecule has 0 amide bonds. The van der Waals surface area contributed by atoms with Crippen LogP contribution in [-0.4, -0.2) is 0 Å². The number of anilines is 1. The van der Waals surface area contributed by atoms with Gasteiger partial charge in [0.1, 0.15) is 0 Å². The Hall–Kier alpha value is -1.68. The van der Waals surface area contributed by atoms with Crippen LogP contribution in [0, 0.1) is 17.8 Å². The Balaban J connectivity index is 2.94. The first-order chi connectivity index (χ1) is 9.04. The second kappa shape index (κ2) is 7.69. The van der Waals surface area contributed by atoms with Crippen LogP contribution in [0.2, 0.25) is 0 Å². The van der Waals surface area contributed by atoms with Crippen LogP contribution >= 0.6 is 0 Å². The van der Waals surface area contributed by atoms with Crippen LogP contribution in [0.3, 0.4) is 0 Å². The quantitative estimate of drug-likeness (QED) is 0.608. The number of allylic oxidation sites excluding steroid dienone is 2. The third kappa shape index (κ3) is 5.22. The van der Waals surface area contributed by atoms with Crippen molar-refractivity contribution in [3.05, 3.63) is 41.0 Å². The van der Waals surface area contributed by atoms with Crippen molar-refractivity contribution in [1.29, 1.82) is 0 Å². The summed E-state index contributed by atoms with van der Waals surface area (Å²) in [5.41, 5.74) is 10.2. The fourth-order valence-corrected chi connectivity index (χ4v) is 2.03. The first-order valence-electron chi connectivity index (χ1n) is 7.11. The Labute approximate surface area is 117 Å². The van der Waals surface area contributed by atoms with Crippen LogP contribution in [0.4, 0.5) is 5.69 Å². The van der Waals surface area contributed by atoms with Gasteiger partial charge in [0.05, 0.1) is 0 Å². The zero-order chi connectivity index (χ0) is 14.3. The molecule has 19 heavy (non-hydrogen) atoms. The molecule has 0 radical (unpaired) electrons. The second-order valence-corrected chi connectivity index (χ2v) is 5.32. The highest BCUT2D eigenvalue weighted by atomic mass is 14.5. The molecule has 0 aliphatic carbocycles. The van der Waals surface area contributed by atoms with E-state index >= 15 is 0 Å². The van der Waals surface area contributed by atoms with E-state index < -0.39 is 0 Å². The fourth-order valence-electron chi connectivity index (χ4n) is 2.03. The van der Waals surface area contributed by atoms with Crippen molar-refractivity contribution in [1.82, 2.24) is 0 Å². The zero-order valence-electron chi connectivity index (χ0n) is 12.6. The maximum Gasteiger partial charge on any atom is 0.0314 e.